The van der Waals surface area contributed by atoms with Gasteiger partial charge in [0.15, 0.2) is 0 Å². The monoisotopic (exact) mass is 721 g/mol. The molecule has 0 amide bonds. The second kappa shape index (κ2) is 13.1. The summed E-state index contributed by atoms with van der Waals surface area (Å²) in [6.07, 6.45) is 9.12. The highest BCUT2D eigenvalue weighted by Crippen LogP contribution is 2.52. The molecule has 4 aliphatic heterocycles. The number of rotatable bonds is 3. The highest BCUT2D eigenvalue weighted by molar-refractivity contribution is 7.98. The van der Waals surface area contributed by atoms with Crippen molar-refractivity contribution in [2.75, 3.05) is 37.8 Å². The van der Waals surface area contributed by atoms with Crippen molar-refractivity contribution in [2.24, 2.45) is 0 Å². The third-order valence-electron chi connectivity index (χ3n) is 9.93. The Balaban J connectivity index is 0.00000117. The van der Waals surface area contributed by atoms with E-state index in [-0.39, 0.29) is 21.8 Å². The summed E-state index contributed by atoms with van der Waals surface area (Å²) in [6.45, 7) is 3.03. The van der Waals surface area contributed by atoms with Crippen LogP contribution in [0.4, 0.5) is 5.69 Å². The number of halogens is 3. The molecule has 0 saturated carbocycles. The average molecular weight is 723 g/mol. The van der Waals surface area contributed by atoms with Gasteiger partial charge in [-0.3, -0.25) is 0 Å². The van der Waals surface area contributed by atoms with Gasteiger partial charge in [0.25, 0.3) is 0 Å². The molecule has 0 spiro atoms. The summed E-state index contributed by atoms with van der Waals surface area (Å²) in [6, 6.07) is 10.6. The van der Waals surface area contributed by atoms with E-state index in [1.807, 2.05) is 12.3 Å². The van der Waals surface area contributed by atoms with E-state index in [4.69, 9.17) is 49.1 Å². The number of carbonyl (C=O) groups excluding carboxylic acids is 2. The maximum atomic E-state index is 13.1. The fourth-order valence-corrected chi connectivity index (χ4v) is 10.00. The van der Waals surface area contributed by atoms with Crippen LogP contribution in [0, 0.1) is 0 Å². The van der Waals surface area contributed by atoms with Gasteiger partial charge in [0, 0.05) is 57.6 Å². The third kappa shape index (κ3) is 5.04. The van der Waals surface area contributed by atoms with E-state index in [1.54, 1.807) is 0 Å². The summed E-state index contributed by atoms with van der Waals surface area (Å²) in [7, 11) is 2.14. The normalized spacial score (nSPS) is 16.0. The Morgan fingerprint density at radius 3 is 2.38 bits per heavy atom. The Kier molecular flexibility index (Phi) is 8.99. The number of hydrogen-bond acceptors (Lipinski definition) is 6. The van der Waals surface area contributed by atoms with Crippen molar-refractivity contribution in [1.82, 2.24) is 4.58 Å². The maximum Gasteiger partial charge on any atom is 0.373 e. The minimum atomic E-state index is -1.17. The van der Waals surface area contributed by atoms with Gasteiger partial charge in [-0.2, -0.15) is 9.59 Å². The Morgan fingerprint density at radius 2 is 1.65 bits per heavy atom. The van der Waals surface area contributed by atoms with Crippen LogP contribution < -0.4 is 24.8 Å². The molecule has 0 fully saturated rings. The molecule has 0 atom stereocenters. The predicted molar refractivity (Wildman–Crippen MR) is 190 cm³/mol. The molecular formula is C37H32Cl3N2O5S+. The number of hydrogen-bond donors (Lipinski definition) is 1. The van der Waals surface area contributed by atoms with Gasteiger partial charge >= 0.3 is 12.1 Å². The lowest BCUT2D eigenvalue weighted by Gasteiger charge is -2.36. The molecule has 7 nitrogen and oxygen atoms in total. The van der Waals surface area contributed by atoms with Crippen LogP contribution in [-0.2, 0) is 28.9 Å². The first-order valence-electron chi connectivity index (χ1n) is 16.0. The summed E-state index contributed by atoms with van der Waals surface area (Å²) in [5, 5.41) is 15.3. The second-order valence-electron chi connectivity index (χ2n) is 12.5. The van der Waals surface area contributed by atoms with Gasteiger partial charge < -0.3 is 14.7 Å². The van der Waals surface area contributed by atoms with E-state index in [0.29, 0.717) is 15.5 Å². The van der Waals surface area contributed by atoms with E-state index < -0.39 is 5.97 Å². The number of thioether (sulfide) groups is 1. The van der Waals surface area contributed by atoms with Gasteiger partial charge in [-0.1, -0.05) is 53.0 Å². The quantitative estimate of drug-likeness (QED) is 0.120. The van der Waals surface area contributed by atoms with Gasteiger partial charge in [-0.15, -0.1) is 11.8 Å². The zero-order chi connectivity index (χ0) is 33.9. The van der Waals surface area contributed by atoms with Crippen molar-refractivity contribution < 1.29 is 24.2 Å². The Hall–Kier alpha value is -3.52. The van der Waals surface area contributed by atoms with Gasteiger partial charge in [-0.05, 0) is 67.9 Å². The van der Waals surface area contributed by atoms with Crippen molar-refractivity contribution in [3.63, 3.8) is 0 Å². The topological polar surface area (TPSA) is 86.9 Å². The van der Waals surface area contributed by atoms with Crippen LogP contribution in [0.25, 0.3) is 16.3 Å². The molecule has 0 unspecified atom stereocenters. The molecule has 0 saturated heterocycles. The highest BCUT2D eigenvalue weighted by atomic mass is 35.5. The van der Waals surface area contributed by atoms with Gasteiger partial charge in [-0.25, -0.2) is 9.37 Å². The summed E-state index contributed by atoms with van der Waals surface area (Å²) in [5.74, 6) is 0.444. The molecule has 8 rings (SSSR count). The summed E-state index contributed by atoms with van der Waals surface area (Å²) in [4.78, 5) is 32.5. The number of ether oxygens (including phenoxy) is 1. The smallest absolute Gasteiger partial charge is 0.373 e. The lowest BCUT2D eigenvalue weighted by atomic mass is 9.82. The Bertz CT molecular complexity index is 2230. The second-order valence-corrected chi connectivity index (χ2v) is 14.4. The molecule has 0 aromatic heterocycles. The number of aryl methyl sites for hydroxylation is 1. The van der Waals surface area contributed by atoms with Crippen LogP contribution in [0.2, 0.25) is 15.1 Å². The lowest BCUT2D eigenvalue weighted by Crippen LogP contribution is -2.38. The summed E-state index contributed by atoms with van der Waals surface area (Å²) in [5.41, 5.74) is 6.90. The molecule has 4 heterocycles. The first-order valence-corrected chi connectivity index (χ1v) is 18.3. The first kappa shape index (κ1) is 33.0. The highest BCUT2D eigenvalue weighted by Gasteiger charge is 2.38. The van der Waals surface area contributed by atoms with Crippen LogP contribution in [0.5, 0.6) is 11.5 Å². The van der Waals surface area contributed by atoms with Crippen molar-refractivity contribution in [1.29, 1.82) is 0 Å². The standard InChI is InChI=1S/C36H31Cl3N2O3S.CO2/c1-40-14-7-12-22-32(40)20-11-4-3-10-19(20)25-24(26-27(36(42)43)28(37)30(39)35(45-2)29(26)38)23-17-18-9-5-6-15-41-16-8-13-21(31(18)41)33(23)44-34(22)25;2-1-3/h3-4,10-11,17H,5-9,12-16H2,1-2H3;/p+1. The number of anilines is 1. The minimum absolute atomic E-state index is 0.000664. The average Bonchev–Trinajstić information content (AvgIpc) is 3.29. The molecular weight excluding hydrogens is 691 g/mol. The van der Waals surface area contributed by atoms with Crippen molar-refractivity contribution >= 4 is 80.7 Å². The number of fused-ring (bicyclic) bond motifs is 8. The SMILES string of the molecule is CSc1c(Cl)c(Cl)c(C(=O)O)c(C2=c3c(c4c(c5ccccc35)=[N+](C)CCC4)Oc3c2cc2c4c3CCCN4CCCC2)c1Cl.O=C=O. The molecule has 0 bridgehead atoms. The van der Waals surface area contributed by atoms with Gasteiger partial charge in [0.05, 0.1) is 31.6 Å². The van der Waals surface area contributed by atoms with Crippen LogP contribution in [0.3, 0.4) is 0 Å². The van der Waals surface area contributed by atoms with Crippen LogP contribution >= 0.6 is 46.6 Å². The fourth-order valence-electron chi connectivity index (χ4n) is 8.13. The molecule has 4 aromatic rings. The molecule has 4 aliphatic rings. The molecule has 11 heteroatoms. The predicted octanol–water partition coefficient (Wildman–Crippen LogP) is 7.15. The van der Waals surface area contributed by atoms with Crippen molar-refractivity contribution in [3.05, 3.63) is 89.4 Å². The largest absolute Gasteiger partial charge is 0.478 e. The van der Waals surface area contributed by atoms with Gasteiger partial charge in [0.1, 0.15) is 25.1 Å². The van der Waals surface area contributed by atoms with E-state index in [0.717, 1.165) is 109 Å². The number of carboxylic acids is 1. The van der Waals surface area contributed by atoms with E-state index in [1.165, 1.54) is 33.9 Å². The van der Waals surface area contributed by atoms with Gasteiger partial charge in [0.2, 0.25) is 5.36 Å². The number of aromatic carboxylic acids is 1. The fraction of sp³-hybridized carbons (Fsp3) is 0.324. The number of carbonyl (C=O) groups is 1. The zero-order valence-corrected chi connectivity index (χ0v) is 29.6. The summed E-state index contributed by atoms with van der Waals surface area (Å²) < 4.78 is 9.54. The lowest BCUT2D eigenvalue weighted by molar-refractivity contribution is -0.191. The molecule has 0 aliphatic carbocycles. The van der Waals surface area contributed by atoms with Crippen LogP contribution in [-0.4, -0.2) is 50.2 Å². The zero-order valence-electron chi connectivity index (χ0n) is 26.5. The molecule has 0 radical (unpaired) electrons. The van der Waals surface area contributed by atoms with Crippen LogP contribution in [0.1, 0.15) is 63.9 Å². The van der Waals surface area contributed by atoms with E-state index >= 15 is 0 Å². The maximum absolute atomic E-state index is 13.1. The molecule has 246 valence electrons. The van der Waals surface area contributed by atoms with E-state index in [2.05, 4.69) is 40.8 Å². The number of nitrogens with zero attached hydrogens (tertiary/aromatic N) is 2. The number of carboxylic acid groups (broad SMARTS) is 1. The Morgan fingerprint density at radius 1 is 0.938 bits per heavy atom. The minimum Gasteiger partial charge on any atom is -0.478 e. The van der Waals surface area contributed by atoms with E-state index in [9.17, 15) is 9.90 Å². The molecule has 48 heavy (non-hydrogen) atoms. The third-order valence-corrected chi connectivity index (χ3v) is 12.2. The van der Waals surface area contributed by atoms with Crippen molar-refractivity contribution in [2.45, 2.75) is 49.8 Å². The number of benzene rings is 4. The van der Waals surface area contributed by atoms with Crippen LogP contribution in [0.15, 0.2) is 35.2 Å². The Labute approximate surface area is 296 Å². The van der Waals surface area contributed by atoms with Crippen molar-refractivity contribution in [3.8, 4) is 11.5 Å². The summed E-state index contributed by atoms with van der Waals surface area (Å²) >= 11 is 22.2. The molecule has 1 N–H and O–H groups in total. The first-order chi connectivity index (χ1) is 23.2. The molecule has 4 aromatic carbocycles.